The minimum atomic E-state index is -0.355. The molecule has 2 amide bonds. The van der Waals surface area contributed by atoms with Crippen molar-refractivity contribution in [3.8, 4) is 0 Å². The Kier molecular flexibility index (Phi) is 5.47. The highest BCUT2D eigenvalue weighted by Gasteiger charge is 2.19. The molecule has 2 heterocycles. The first-order valence-electron chi connectivity index (χ1n) is 9.65. The van der Waals surface area contributed by atoms with Crippen molar-refractivity contribution < 1.29 is 9.59 Å². The maximum absolute atomic E-state index is 12.8. The Morgan fingerprint density at radius 1 is 1.10 bits per heavy atom. The van der Waals surface area contributed by atoms with Gasteiger partial charge in [0.25, 0.3) is 17.4 Å². The van der Waals surface area contributed by atoms with Gasteiger partial charge in [0.05, 0.1) is 10.9 Å². The minimum absolute atomic E-state index is 0.0625. The monoisotopic (exact) mass is 452 g/mol. The molecule has 7 nitrogen and oxygen atoms in total. The fourth-order valence-corrected chi connectivity index (χ4v) is 4.54. The first kappa shape index (κ1) is 21.0. The molecule has 2 aromatic carbocycles. The van der Waals surface area contributed by atoms with Crippen LogP contribution in [0.4, 0.5) is 5.69 Å². The van der Waals surface area contributed by atoms with Crippen molar-refractivity contribution in [3.63, 3.8) is 0 Å². The maximum Gasteiger partial charge on any atom is 0.265 e. The Morgan fingerprint density at radius 2 is 1.81 bits per heavy atom. The summed E-state index contributed by atoms with van der Waals surface area (Å²) in [5.41, 5.74) is 2.58. The molecule has 0 atom stereocenters. The van der Waals surface area contributed by atoms with Crippen LogP contribution < -0.4 is 16.2 Å². The van der Waals surface area contributed by atoms with Crippen LogP contribution in [-0.2, 0) is 0 Å². The van der Waals surface area contributed by atoms with E-state index in [0.29, 0.717) is 36.6 Å². The molecule has 0 saturated heterocycles. The van der Waals surface area contributed by atoms with E-state index in [-0.39, 0.29) is 23.4 Å². The third-order valence-corrected chi connectivity index (χ3v) is 6.10. The van der Waals surface area contributed by atoms with Crippen LogP contribution in [0.5, 0.6) is 0 Å². The molecule has 158 valence electrons. The van der Waals surface area contributed by atoms with Crippen LogP contribution in [0.25, 0.3) is 16.6 Å². The van der Waals surface area contributed by atoms with Gasteiger partial charge in [0, 0.05) is 17.3 Å². The van der Waals surface area contributed by atoms with Gasteiger partial charge in [-0.1, -0.05) is 29.0 Å². The van der Waals surface area contributed by atoms with Crippen LogP contribution >= 0.6 is 23.6 Å². The molecule has 4 rings (SSSR count). The van der Waals surface area contributed by atoms with Crippen molar-refractivity contribution in [1.29, 1.82) is 0 Å². The fourth-order valence-electron chi connectivity index (χ4n) is 3.25. The Morgan fingerprint density at radius 3 is 2.48 bits per heavy atom. The molecule has 4 aromatic rings. The molecule has 0 fully saturated rings. The van der Waals surface area contributed by atoms with Gasteiger partial charge in [-0.3, -0.25) is 18.8 Å². The number of fused-ring (bicyclic) bond motifs is 3. The number of aryl methyl sites for hydroxylation is 1. The van der Waals surface area contributed by atoms with Crippen LogP contribution in [0.1, 0.15) is 39.4 Å². The lowest BCUT2D eigenvalue weighted by atomic mass is 10.1. The predicted octanol–water partition coefficient (Wildman–Crippen LogP) is 4.27. The van der Waals surface area contributed by atoms with Gasteiger partial charge in [0.15, 0.2) is 3.95 Å². The van der Waals surface area contributed by atoms with Crippen molar-refractivity contribution in [3.05, 3.63) is 72.8 Å². The predicted molar refractivity (Wildman–Crippen MR) is 126 cm³/mol. The molecular weight excluding hydrogens is 432 g/mol. The van der Waals surface area contributed by atoms with E-state index in [1.165, 1.54) is 0 Å². The molecule has 0 aliphatic carbocycles. The van der Waals surface area contributed by atoms with E-state index in [4.69, 9.17) is 12.2 Å². The molecule has 0 aliphatic rings. The van der Waals surface area contributed by atoms with Crippen molar-refractivity contribution in [1.82, 2.24) is 14.7 Å². The summed E-state index contributed by atoms with van der Waals surface area (Å²) in [6.45, 7) is 5.68. The second-order valence-electron chi connectivity index (χ2n) is 7.52. The molecule has 9 heteroatoms. The number of aromatic nitrogens is 2. The number of benzene rings is 2. The zero-order valence-corrected chi connectivity index (χ0v) is 18.7. The number of nitrogens with one attached hydrogen (secondary N) is 3. The van der Waals surface area contributed by atoms with Gasteiger partial charge in [-0.2, -0.15) is 0 Å². The quantitative estimate of drug-likeness (QED) is 0.403. The fraction of sp³-hybridized carbons (Fsp3) is 0.182. The average molecular weight is 453 g/mol. The number of rotatable bonds is 4. The summed E-state index contributed by atoms with van der Waals surface area (Å²) in [4.78, 5) is 41.1. The summed E-state index contributed by atoms with van der Waals surface area (Å²) in [5, 5.41) is 6.05. The third kappa shape index (κ3) is 4.01. The Bertz CT molecular complexity index is 1450. The van der Waals surface area contributed by atoms with Gasteiger partial charge >= 0.3 is 0 Å². The van der Waals surface area contributed by atoms with Gasteiger partial charge in [0.1, 0.15) is 10.5 Å². The van der Waals surface area contributed by atoms with Crippen LogP contribution in [0.15, 0.2) is 47.3 Å². The molecular formula is C22H20N4O3S2. The average Bonchev–Trinajstić information content (AvgIpc) is 3.05. The number of carbonyl (C=O) groups is 2. The SMILES string of the molecule is Cc1ccc(NC(=O)c2ccc3c(=O)[nH]c4c(C(=O)NC(C)C)sc(=S)n4c3c2)cc1. The number of amides is 2. The van der Waals surface area contributed by atoms with E-state index in [1.54, 1.807) is 22.6 Å². The number of hydrogen-bond donors (Lipinski definition) is 3. The van der Waals surface area contributed by atoms with Crippen LogP contribution in [-0.4, -0.2) is 27.2 Å². The van der Waals surface area contributed by atoms with E-state index in [2.05, 4.69) is 15.6 Å². The highest BCUT2D eigenvalue weighted by atomic mass is 32.1. The smallest absolute Gasteiger partial charge is 0.265 e. The topological polar surface area (TPSA) is 95.5 Å². The second-order valence-corrected chi connectivity index (χ2v) is 9.16. The lowest BCUT2D eigenvalue weighted by Crippen LogP contribution is -2.30. The summed E-state index contributed by atoms with van der Waals surface area (Å²) in [5.74, 6) is -0.615. The van der Waals surface area contributed by atoms with E-state index in [9.17, 15) is 14.4 Å². The van der Waals surface area contributed by atoms with Crippen molar-refractivity contribution in [2.24, 2.45) is 0 Å². The van der Waals surface area contributed by atoms with Crippen LogP contribution in [0, 0.1) is 10.9 Å². The molecule has 0 unspecified atom stereocenters. The zero-order chi connectivity index (χ0) is 22.3. The Balaban J connectivity index is 1.83. The lowest BCUT2D eigenvalue weighted by Gasteiger charge is -2.09. The van der Waals surface area contributed by atoms with Gasteiger partial charge in [0.2, 0.25) is 0 Å². The van der Waals surface area contributed by atoms with Crippen molar-refractivity contribution >= 4 is 57.6 Å². The third-order valence-electron chi connectivity index (χ3n) is 4.72. The second kappa shape index (κ2) is 8.09. The molecule has 0 radical (unpaired) electrons. The normalized spacial score (nSPS) is 11.2. The van der Waals surface area contributed by atoms with E-state index < -0.39 is 0 Å². The highest BCUT2D eigenvalue weighted by Crippen LogP contribution is 2.24. The van der Waals surface area contributed by atoms with E-state index in [1.807, 2.05) is 45.0 Å². The summed E-state index contributed by atoms with van der Waals surface area (Å²) in [6.07, 6.45) is 0. The Labute approximate surface area is 186 Å². The van der Waals surface area contributed by atoms with Crippen molar-refractivity contribution in [2.45, 2.75) is 26.8 Å². The first-order valence-corrected chi connectivity index (χ1v) is 10.9. The summed E-state index contributed by atoms with van der Waals surface area (Å²) >= 11 is 6.60. The number of H-pyrrole nitrogens is 1. The molecule has 31 heavy (non-hydrogen) atoms. The molecule has 0 bridgehead atoms. The minimum Gasteiger partial charge on any atom is -0.349 e. The van der Waals surface area contributed by atoms with Crippen LogP contribution in [0.2, 0.25) is 0 Å². The van der Waals surface area contributed by atoms with Gasteiger partial charge in [-0.05, 0) is 63.3 Å². The molecule has 3 N–H and O–H groups in total. The Hall–Kier alpha value is -3.30. The molecule has 0 aliphatic heterocycles. The number of thiazole rings is 1. The molecule has 2 aromatic heterocycles. The summed E-state index contributed by atoms with van der Waals surface area (Å²) in [7, 11) is 0. The standard InChI is InChI=1S/C22H20N4O3S2/c1-11(2)23-21(29)17-18-25-20(28)15-9-6-13(10-16(15)26(18)22(30)31-17)19(27)24-14-7-4-12(3)5-8-14/h4-11H,1-3H3,(H,23,29)(H,24,27)(H,25,28). The molecule has 0 spiro atoms. The highest BCUT2D eigenvalue weighted by molar-refractivity contribution is 7.73. The number of nitrogens with zero attached hydrogens (tertiary/aromatic N) is 1. The van der Waals surface area contributed by atoms with Gasteiger partial charge < -0.3 is 15.6 Å². The van der Waals surface area contributed by atoms with E-state index in [0.717, 1.165) is 16.9 Å². The van der Waals surface area contributed by atoms with E-state index >= 15 is 0 Å². The van der Waals surface area contributed by atoms with Gasteiger partial charge in [-0.15, -0.1) is 0 Å². The molecule has 0 saturated carbocycles. The van der Waals surface area contributed by atoms with Gasteiger partial charge in [-0.25, -0.2) is 0 Å². The summed E-state index contributed by atoms with van der Waals surface area (Å²) in [6, 6.07) is 12.2. The number of hydrogen-bond acceptors (Lipinski definition) is 5. The maximum atomic E-state index is 12.8. The first-order chi connectivity index (χ1) is 14.7. The number of anilines is 1. The van der Waals surface area contributed by atoms with Crippen LogP contribution in [0.3, 0.4) is 0 Å². The zero-order valence-electron chi connectivity index (χ0n) is 17.1. The largest absolute Gasteiger partial charge is 0.349 e. The number of carbonyl (C=O) groups excluding carboxylic acids is 2. The summed E-state index contributed by atoms with van der Waals surface area (Å²) < 4.78 is 2.04. The lowest BCUT2D eigenvalue weighted by molar-refractivity contribution is 0.0947. The number of aromatic amines is 1. The van der Waals surface area contributed by atoms with Crippen molar-refractivity contribution in [2.75, 3.05) is 5.32 Å².